The molecule has 0 aromatic rings. The largest absolute Gasteiger partial charge is 0.462 e. The van der Waals surface area contributed by atoms with Crippen molar-refractivity contribution >= 4 is 11.8 Å². The van der Waals surface area contributed by atoms with Crippen molar-refractivity contribution in [3.63, 3.8) is 0 Å². The molecule has 15 heavy (non-hydrogen) atoms. The third-order valence-electron chi connectivity index (χ3n) is 4.74. The Hall–Kier alpha value is -0.860. The summed E-state index contributed by atoms with van der Waals surface area (Å²) in [7, 11) is 0. The molecule has 3 heteroatoms. The molecule has 0 aromatic carbocycles. The first kappa shape index (κ1) is 10.7. The van der Waals surface area contributed by atoms with Crippen LogP contribution in [0.1, 0.15) is 40.5 Å². The summed E-state index contributed by atoms with van der Waals surface area (Å²) in [6.45, 7) is 7.74. The third kappa shape index (κ3) is 1.18. The summed E-state index contributed by atoms with van der Waals surface area (Å²) in [6, 6.07) is 0. The van der Waals surface area contributed by atoms with E-state index in [2.05, 4.69) is 20.8 Å². The first-order valence-corrected chi connectivity index (χ1v) is 5.49. The van der Waals surface area contributed by atoms with Gasteiger partial charge in [0.15, 0.2) is 0 Å². The maximum atomic E-state index is 11.7. The Labute approximate surface area is 90.2 Å². The molecule has 2 saturated carbocycles. The Kier molecular flexibility index (Phi) is 2.01. The van der Waals surface area contributed by atoms with Gasteiger partial charge in [0.05, 0.1) is 0 Å². The van der Waals surface area contributed by atoms with E-state index in [1.54, 1.807) is 0 Å². The molecule has 0 heterocycles. The SMILES string of the molecule is CC(=O)O[C@H]1C[C@H]2C(=O)C[C@]1(C)C2(C)C. The summed E-state index contributed by atoms with van der Waals surface area (Å²) in [6.07, 6.45) is 1.19. The predicted molar refractivity (Wildman–Crippen MR) is 55.2 cm³/mol. The van der Waals surface area contributed by atoms with Gasteiger partial charge >= 0.3 is 5.97 Å². The number of ether oxygens (including phenoxy) is 1. The van der Waals surface area contributed by atoms with E-state index in [4.69, 9.17) is 4.74 Å². The highest BCUT2D eigenvalue weighted by molar-refractivity contribution is 5.87. The highest BCUT2D eigenvalue weighted by Crippen LogP contribution is 2.64. The molecule has 0 spiro atoms. The van der Waals surface area contributed by atoms with Crippen LogP contribution in [0, 0.1) is 16.7 Å². The number of Topliss-reactive ketones (excluding diaryl/α,β-unsaturated/α-hetero) is 1. The second-order valence-corrected chi connectivity index (χ2v) is 5.67. The highest BCUT2D eigenvalue weighted by Gasteiger charge is 2.66. The second kappa shape index (κ2) is 2.83. The number of rotatable bonds is 1. The van der Waals surface area contributed by atoms with Crippen LogP contribution in [0.25, 0.3) is 0 Å². The van der Waals surface area contributed by atoms with Crippen molar-refractivity contribution in [2.75, 3.05) is 0 Å². The molecule has 84 valence electrons. The number of carbonyl (C=O) groups is 2. The van der Waals surface area contributed by atoms with Crippen molar-refractivity contribution in [3.05, 3.63) is 0 Å². The van der Waals surface area contributed by atoms with E-state index in [-0.39, 0.29) is 28.8 Å². The number of fused-ring (bicyclic) bond motifs is 2. The molecule has 2 aliphatic rings. The summed E-state index contributed by atoms with van der Waals surface area (Å²) < 4.78 is 5.34. The third-order valence-corrected chi connectivity index (χ3v) is 4.74. The molecular formula is C12H18O3. The second-order valence-electron chi connectivity index (χ2n) is 5.67. The average Bonchev–Trinajstić information content (AvgIpc) is 2.33. The Balaban J connectivity index is 2.30. The summed E-state index contributed by atoms with van der Waals surface area (Å²) in [5.41, 5.74) is -0.204. The molecule has 2 rings (SSSR count). The smallest absolute Gasteiger partial charge is 0.302 e. The van der Waals surface area contributed by atoms with E-state index in [9.17, 15) is 9.59 Å². The predicted octanol–water partition coefficient (Wildman–Crippen LogP) is 1.94. The first-order valence-electron chi connectivity index (χ1n) is 5.49. The van der Waals surface area contributed by atoms with Gasteiger partial charge in [0.1, 0.15) is 11.9 Å². The maximum absolute atomic E-state index is 11.7. The van der Waals surface area contributed by atoms with Gasteiger partial charge in [-0.15, -0.1) is 0 Å². The summed E-state index contributed by atoms with van der Waals surface area (Å²) >= 11 is 0. The Bertz CT molecular complexity index is 332. The molecule has 0 saturated heterocycles. The lowest BCUT2D eigenvalue weighted by Crippen LogP contribution is -2.38. The van der Waals surface area contributed by atoms with Crippen LogP contribution in [0.15, 0.2) is 0 Å². The molecule has 0 amide bonds. The van der Waals surface area contributed by atoms with E-state index >= 15 is 0 Å². The van der Waals surface area contributed by atoms with Crippen LogP contribution >= 0.6 is 0 Å². The van der Waals surface area contributed by atoms with Crippen LogP contribution < -0.4 is 0 Å². The summed E-state index contributed by atoms with van der Waals surface area (Å²) in [4.78, 5) is 22.8. The van der Waals surface area contributed by atoms with Crippen LogP contribution in [0.4, 0.5) is 0 Å². The van der Waals surface area contributed by atoms with Gasteiger partial charge in [0, 0.05) is 24.7 Å². The number of esters is 1. The summed E-state index contributed by atoms with van der Waals surface area (Å²) in [5.74, 6) is 0.176. The number of hydrogen-bond acceptors (Lipinski definition) is 3. The molecule has 2 aliphatic carbocycles. The molecule has 0 aliphatic heterocycles. The van der Waals surface area contributed by atoms with Crippen LogP contribution in [0.3, 0.4) is 0 Å². The molecule has 3 atom stereocenters. The van der Waals surface area contributed by atoms with Crippen molar-refractivity contribution < 1.29 is 14.3 Å². The highest BCUT2D eigenvalue weighted by atomic mass is 16.5. The lowest BCUT2D eigenvalue weighted by atomic mass is 9.70. The van der Waals surface area contributed by atoms with Crippen molar-refractivity contribution in [2.24, 2.45) is 16.7 Å². The van der Waals surface area contributed by atoms with Crippen molar-refractivity contribution in [3.8, 4) is 0 Å². The Morgan fingerprint density at radius 3 is 2.33 bits per heavy atom. The average molecular weight is 210 g/mol. The zero-order chi connectivity index (χ0) is 11.4. The topological polar surface area (TPSA) is 43.4 Å². The van der Waals surface area contributed by atoms with E-state index in [0.29, 0.717) is 18.6 Å². The first-order chi connectivity index (χ1) is 6.79. The monoisotopic (exact) mass is 210 g/mol. The van der Waals surface area contributed by atoms with Crippen LogP contribution in [0.2, 0.25) is 0 Å². The van der Waals surface area contributed by atoms with Crippen molar-refractivity contribution in [1.82, 2.24) is 0 Å². The fraction of sp³-hybridized carbons (Fsp3) is 0.833. The molecule has 2 fully saturated rings. The van der Waals surface area contributed by atoms with Gasteiger partial charge < -0.3 is 4.74 Å². The zero-order valence-electron chi connectivity index (χ0n) is 9.79. The Morgan fingerprint density at radius 2 is 2.00 bits per heavy atom. The fourth-order valence-corrected chi connectivity index (χ4v) is 3.32. The molecule has 2 bridgehead atoms. The quantitative estimate of drug-likeness (QED) is 0.621. The lowest BCUT2D eigenvalue weighted by molar-refractivity contribution is -0.155. The molecule has 3 nitrogen and oxygen atoms in total. The van der Waals surface area contributed by atoms with Crippen LogP contribution in [-0.4, -0.2) is 17.9 Å². The minimum atomic E-state index is -0.239. The van der Waals surface area contributed by atoms with Crippen molar-refractivity contribution in [1.29, 1.82) is 0 Å². The van der Waals surface area contributed by atoms with Gasteiger partial charge in [-0.25, -0.2) is 0 Å². The van der Waals surface area contributed by atoms with Gasteiger partial charge in [0.25, 0.3) is 0 Å². The van der Waals surface area contributed by atoms with E-state index in [0.717, 1.165) is 0 Å². The fourth-order valence-electron chi connectivity index (χ4n) is 3.32. The summed E-state index contributed by atoms with van der Waals surface area (Å²) in [5, 5.41) is 0. The molecule has 0 aromatic heterocycles. The van der Waals surface area contributed by atoms with Crippen LogP contribution in [0.5, 0.6) is 0 Å². The lowest BCUT2D eigenvalue weighted by Gasteiger charge is -2.37. The molecule has 0 unspecified atom stereocenters. The maximum Gasteiger partial charge on any atom is 0.302 e. The minimum Gasteiger partial charge on any atom is -0.462 e. The standard InChI is InChI=1S/C12H18O3/c1-7(13)15-10-5-8-9(14)6-12(10,4)11(8,2)3/h8,10H,5-6H2,1-4H3/t8-,10-,12-/m0/s1. The van der Waals surface area contributed by atoms with E-state index < -0.39 is 0 Å². The normalized spacial score (nSPS) is 42.0. The van der Waals surface area contributed by atoms with Crippen LogP contribution in [-0.2, 0) is 14.3 Å². The van der Waals surface area contributed by atoms with Gasteiger partial charge in [-0.2, -0.15) is 0 Å². The molecule has 0 radical (unpaired) electrons. The number of carbonyl (C=O) groups excluding carboxylic acids is 2. The minimum absolute atomic E-state index is 0.0375. The van der Waals surface area contributed by atoms with E-state index in [1.165, 1.54) is 6.92 Å². The molecule has 0 N–H and O–H groups in total. The van der Waals surface area contributed by atoms with Gasteiger partial charge in [-0.05, 0) is 11.8 Å². The van der Waals surface area contributed by atoms with Gasteiger partial charge in [-0.1, -0.05) is 20.8 Å². The van der Waals surface area contributed by atoms with E-state index in [1.807, 2.05) is 0 Å². The Morgan fingerprint density at radius 1 is 1.40 bits per heavy atom. The van der Waals surface area contributed by atoms with Gasteiger partial charge in [0.2, 0.25) is 0 Å². The number of hydrogen-bond donors (Lipinski definition) is 0. The number of ketones is 1. The molecular weight excluding hydrogens is 192 g/mol. The zero-order valence-corrected chi connectivity index (χ0v) is 9.79. The van der Waals surface area contributed by atoms with Gasteiger partial charge in [-0.3, -0.25) is 9.59 Å². The van der Waals surface area contributed by atoms with Crippen molar-refractivity contribution in [2.45, 2.75) is 46.6 Å².